The highest BCUT2D eigenvalue weighted by molar-refractivity contribution is 7.80. The Morgan fingerprint density at radius 3 is 1.26 bits per heavy atom. The van der Waals surface area contributed by atoms with E-state index in [2.05, 4.69) is 77.7 Å². The van der Waals surface area contributed by atoms with Crippen LogP contribution < -0.4 is 9.13 Å². The van der Waals surface area contributed by atoms with Crippen molar-refractivity contribution in [2.45, 2.75) is 110 Å². The van der Waals surface area contributed by atoms with Crippen molar-refractivity contribution in [2.75, 3.05) is 5.75 Å². The molecule has 0 saturated carbocycles. The fourth-order valence-electron chi connectivity index (χ4n) is 4.14. The molecule has 0 aliphatic rings. The maximum absolute atomic E-state index is 4.28. The van der Waals surface area contributed by atoms with Crippen molar-refractivity contribution < 1.29 is 9.13 Å². The Morgan fingerprint density at radius 1 is 0.516 bits per heavy atom. The van der Waals surface area contributed by atoms with Crippen LogP contribution in [0.4, 0.5) is 0 Å². The van der Waals surface area contributed by atoms with Crippen molar-refractivity contribution in [2.24, 2.45) is 0 Å². The summed E-state index contributed by atoms with van der Waals surface area (Å²) >= 11 is 4.28. The average Bonchev–Trinajstić information content (AvgIpc) is 2.81. The van der Waals surface area contributed by atoms with Crippen LogP contribution in [0.5, 0.6) is 0 Å². The van der Waals surface area contributed by atoms with Crippen molar-refractivity contribution in [3.63, 3.8) is 0 Å². The van der Waals surface area contributed by atoms with Gasteiger partial charge in [0.2, 0.25) is 0 Å². The molecule has 0 bridgehead atoms. The summed E-state index contributed by atoms with van der Waals surface area (Å²) < 4.78 is 4.64. The normalized spacial score (nSPS) is 11.2. The smallest absolute Gasteiger partial charge is 0.169 e. The zero-order chi connectivity index (χ0) is 22.0. The number of hydrogen-bond acceptors (Lipinski definition) is 1. The second-order valence-electron chi connectivity index (χ2n) is 8.97. The van der Waals surface area contributed by atoms with Gasteiger partial charge in [0.05, 0.1) is 0 Å². The SMILES string of the molecule is CCCCCCCCCCCC[n+]1ccc(-c2cc[n+](CCCCCCS)cc2)cc1. The molecule has 2 aromatic rings. The molecule has 0 aliphatic carbocycles. The van der Waals surface area contributed by atoms with E-state index in [9.17, 15) is 0 Å². The van der Waals surface area contributed by atoms with Gasteiger partial charge in [0.1, 0.15) is 13.1 Å². The first kappa shape index (κ1) is 25.9. The highest BCUT2D eigenvalue weighted by atomic mass is 32.1. The molecule has 0 aromatic carbocycles. The third-order valence-corrected chi connectivity index (χ3v) is 6.53. The lowest BCUT2D eigenvalue weighted by Gasteiger charge is -2.03. The maximum atomic E-state index is 4.28. The summed E-state index contributed by atoms with van der Waals surface area (Å²) in [6, 6.07) is 9.01. The molecule has 0 amide bonds. The quantitative estimate of drug-likeness (QED) is 0.140. The van der Waals surface area contributed by atoms with Gasteiger partial charge in [-0.15, -0.1) is 0 Å². The number of nitrogens with zero attached hydrogens (tertiary/aromatic N) is 2. The molecule has 0 radical (unpaired) electrons. The van der Waals surface area contributed by atoms with E-state index >= 15 is 0 Å². The topological polar surface area (TPSA) is 7.76 Å². The summed E-state index contributed by atoms with van der Waals surface area (Å²) in [5.74, 6) is 1.01. The lowest BCUT2D eigenvalue weighted by Crippen LogP contribution is -2.33. The van der Waals surface area contributed by atoms with Gasteiger partial charge in [0.25, 0.3) is 0 Å². The van der Waals surface area contributed by atoms with Gasteiger partial charge in [-0.2, -0.15) is 12.6 Å². The van der Waals surface area contributed by atoms with Crippen LogP contribution in [-0.4, -0.2) is 5.75 Å². The molecular weight excluding hydrogens is 396 g/mol. The minimum atomic E-state index is 1.01. The summed E-state index contributed by atoms with van der Waals surface area (Å²) in [5, 5.41) is 0. The molecule has 2 heterocycles. The minimum Gasteiger partial charge on any atom is -0.205 e. The van der Waals surface area contributed by atoms with Crippen LogP contribution in [0.15, 0.2) is 49.1 Å². The van der Waals surface area contributed by atoms with Crippen molar-refractivity contribution in [3.05, 3.63) is 49.1 Å². The zero-order valence-electron chi connectivity index (χ0n) is 20.0. The Morgan fingerprint density at radius 2 is 0.871 bits per heavy atom. The van der Waals surface area contributed by atoms with Crippen LogP contribution in [0, 0.1) is 0 Å². The Balaban J connectivity index is 1.60. The third-order valence-electron chi connectivity index (χ3n) is 6.21. The van der Waals surface area contributed by atoms with E-state index in [0.29, 0.717) is 0 Å². The van der Waals surface area contributed by atoms with Gasteiger partial charge >= 0.3 is 0 Å². The predicted molar refractivity (Wildman–Crippen MR) is 136 cm³/mol. The molecule has 0 spiro atoms. The zero-order valence-corrected chi connectivity index (χ0v) is 20.9. The molecule has 2 rings (SSSR count). The first-order chi connectivity index (χ1) is 15.3. The molecular formula is C28H46N2S+2. The number of pyridine rings is 2. The van der Waals surface area contributed by atoms with E-state index in [0.717, 1.165) is 18.8 Å². The van der Waals surface area contributed by atoms with Crippen LogP contribution >= 0.6 is 12.6 Å². The van der Waals surface area contributed by atoms with Crippen molar-refractivity contribution in [1.29, 1.82) is 0 Å². The van der Waals surface area contributed by atoms with E-state index in [1.54, 1.807) is 0 Å². The number of rotatable bonds is 18. The summed E-state index contributed by atoms with van der Waals surface area (Å²) in [5.41, 5.74) is 2.61. The van der Waals surface area contributed by atoms with Crippen molar-refractivity contribution in [1.82, 2.24) is 0 Å². The molecule has 2 nitrogen and oxygen atoms in total. The highest BCUT2D eigenvalue weighted by Crippen LogP contribution is 2.16. The predicted octanol–water partition coefficient (Wildman–Crippen LogP) is 7.34. The number of hydrogen-bond donors (Lipinski definition) is 1. The van der Waals surface area contributed by atoms with Crippen LogP contribution in [0.1, 0.15) is 96.8 Å². The van der Waals surface area contributed by atoms with Gasteiger partial charge in [0, 0.05) is 37.1 Å². The second kappa shape index (κ2) is 17.2. The van der Waals surface area contributed by atoms with Crippen LogP contribution in [0.2, 0.25) is 0 Å². The summed E-state index contributed by atoms with van der Waals surface area (Å²) in [7, 11) is 0. The lowest BCUT2D eigenvalue weighted by atomic mass is 10.1. The molecule has 0 fully saturated rings. The number of aryl methyl sites for hydroxylation is 2. The van der Waals surface area contributed by atoms with E-state index in [1.165, 1.54) is 101 Å². The molecule has 172 valence electrons. The molecule has 31 heavy (non-hydrogen) atoms. The van der Waals surface area contributed by atoms with Gasteiger partial charge in [0.15, 0.2) is 24.8 Å². The van der Waals surface area contributed by atoms with Gasteiger partial charge in [-0.25, -0.2) is 9.13 Å². The van der Waals surface area contributed by atoms with Gasteiger partial charge in [-0.1, -0.05) is 64.7 Å². The van der Waals surface area contributed by atoms with Gasteiger partial charge in [-0.05, 0) is 36.1 Å². The van der Waals surface area contributed by atoms with Gasteiger partial charge in [-0.3, -0.25) is 0 Å². The van der Waals surface area contributed by atoms with Gasteiger partial charge < -0.3 is 0 Å². The Kier molecular flexibility index (Phi) is 14.4. The fourth-order valence-corrected chi connectivity index (χ4v) is 4.36. The minimum absolute atomic E-state index is 1.01. The fraction of sp³-hybridized carbons (Fsp3) is 0.643. The molecule has 0 atom stereocenters. The van der Waals surface area contributed by atoms with E-state index in [1.807, 2.05) is 0 Å². The third kappa shape index (κ3) is 11.7. The molecule has 0 saturated heterocycles. The summed E-state index contributed by atoms with van der Waals surface area (Å²) in [6.07, 6.45) is 28.0. The molecule has 3 heteroatoms. The molecule has 0 unspecified atom stereocenters. The second-order valence-corrected chi connectivity index (χ2v) is 9.42. The lowest BCUT2D eigenvalue weighted by molar-refractivity contribution is -0.697. The average molecular weight is 443 g/mol. The Hall–Kier alpha value is -1.35. The summed E-state index contributed by atoms with van der Waals surface area (Å²) in [6.45, 7) is 4.54. The molecule has 0 aliphatic heterocycles. The van der Waals surface area contributed by atoms with E-state index in [4.69, 9.17) is 0 Å². The Labute approximate surface area is 197 Å². The standard InChI is InChI=1S/C28H45N2S/c1-2-3-4-5-6-7-8-9-10-13-20-29-22-16-27(17-23-29)28-18-24-30(25-19-28)21-14-11-12-15-26-31/h16-19,22-25H,2-15,20-21,26H2,1H3/q+1/p+1. The first-order valence-corrected chi connectivity index (χ1v) is 13.6. The van der Waals surface area contributed by atoms with Crippen molar-refractivity contribution in [3.8, 4) is 11.1 Å². The van der Waals surface area contributed by atoms with Crippen LogP contribution in [0.3, 0.4) is 0 Å². The monoisotopic (exact) mass is 442 g/mol. The van der Waals surface area contributed by atoms with Crippen LogP contribution in [0.25, 0.3) is 11.1 Å². The first-order valence-electron chi connectivity index (χ1n) is 12.9. The summed E-state index contributed by atoms with van der Waals surface area (Å²) in [4.78, 5) is 0. The van der Waals surface area contributed by atoms with Crippen molar-refractivity contribution >= 4 is 12.6 Å². The largest absolute Gasteiger partial charge is 0.205 e. The van der Waals surface area contributed by atoms with E-state index < -0.39 is 0 Å². The number of unbranched alkanes of at least 4 members (excludes halogenated alkanes) is 12. The number of aromatic nitrogens is 2. The molecule has 2 aromatic heterocycles. The number of thiol groups is 1. The highest BCUT2D eigenvalue weighted by Gasteiger charge is 2.06. The molecule has 0 N–H and O–H groups in total. The maximum Gasteiger partial charge on any atom is 0.169 e. The van der Waals surface area contributed by atoms with Crippen LogP contribution in [-0.2, 0) is 13.1 Å². The Bertz CT molecular complexity index is 666. The van der Waals surface area contributed by atoms with E-state index in [-0.39, 0.29) is 0 Å².